The molecule has 2 N–H and O–H groups in total. The maximum Gasteiger partial charge on any atom is 0.223 e. The number of methoxy groups -OCH3 is 3. The van der Waals surface area contributed by atoms with Crippen molar-refractivity contribution < 1.29 is 51.1 Å². The van der Waals surface area contributed by atoms with Crippen molar-refractivity contribution in [1.29, 1.82) is 0 Å². The van der Waals surface area contributed by atoms with Gasteiger partial charge in [-0.05, 0) is 20.3 Å². The molecule has 1 atom stereocenters. The Morgan fingerprint density at radius 2 is 1.19 bits per heavy atom. The molecule has 1 unspecified atom stereocenters. The highest BCUT2D eigenvalue weighted by Gasteiger charge is 2.25. The molecule has 0 radical (unpaired) electrons. The van der Waals surface area contributed by atoms with Gasteiger partial charge in [0.2, 0.25) is 5.91 Å². The summed E-state index contributed by atoms with van der Waals surface area (Å²) in [6.07, 6.45) is 0.673. The molecule has 0 saturated heterocycles. The minimum Gasteiger partial charge on any atom is -0.748 e. The van der Waals surface area contributed by atoms with Crippen LogP contribution in [0.5, 0.6) is 0 Å². The maximum absolute atomic E-state index is 11.5. The molecule has 37 heavy (non-hydrogen) atoms. The van der Waals surface area contributed by atoms with E-state index in [4.69, 9.17) is 28.4 Å². The Bertz CT molecular complexity index is 602. The number of hydrogen-bond donors (Lipinski definition) is 2. The minimum absolute atomic E-state index is 0.182. The Morgan fingerprint density at radius 3 is 1.49 bits per heavy atom. The topological polar surface area (TPSA) is 146 Å². The fraction of sp³-hybridized carbons (Fsp3) is 0.958. The van der Waals surface area contributed by atoms with Crippen LogP contribution in [0, 0.1) is 5.92 Å². The van der Waals surface area contributed by atoms with Crippen molar-refractivity contribution in [2.24, 2.45) is 5.92 Å². The number of hydrogen-bond acceptors (Lipinski definition) is 10. The second-order valence-corrected chi connectivity index (χ2v) is 10.6. The molecule has 1 amide bonds. The predicted octanol–water partition coefficient (Wildman–Crippen LogP) is -0.667. The fourth-order valence-electron chi connectivity index (χ4n) is 2.88. The van der Waals surface area contributed by atoms with Crippen LogP contribution in [-0.2, 0) is 43.3 Å². The summed E-state index contributed by atoms with van der Waals surface area (Å²) < 4.78 is 63.1. The molecule has 0 saturated carbocycles. The van der Waals surface area contributed by atoms with Gasteiger partial charge in [0.15, 0.2) is 0 Å². The smallest absolute Gasteiger partial charge is 0.223 e. The Morgan fingerprint density at radius 1 is 0.811 bits per heavy atom. The molecule has 0 aliphatic carbocycles. The first kappa shape index (κ1) is 38.2. The first-order valence-electron chi connectivity index (χ1n) is 12.7. The molecular formula is C24H52N2O10S. The molecule has 224 valence electrons. The second kappa shape index (κ2) is 24.2. The van der Waals surface area contributed by atoms with Gasteiger partial charge in [-0.15, -0.1) is 0 Å². The summed E-state index contributed by atoms with van der Waals surface area (Å²) in [7, 11) is 0.704. The highest BCUT2D eigenvalue weighted by atomic mass is 32.2. The highest BCUT2D eigenvalue weighted by molar-refractivity contribution is 7.85. The highest BCUT2D eigenvalue weighted by Crippen LogP contribution is 2.09. The number of ether oxygens (including phenoxy) is 6. The van der Waals surface area contributed by atoms with E-state index < -0.39 is 21.4 Å². The number of carbonyl (C=O) groups excluding carboxylic acids is 1. The number of amides is 1. The Hall–Kier alpha value is -0.900. The van der Waals surface area contributed by atoms with E-state index in [0.717, 1.165) is 39.5 Å². The second-order valence-electron chi connectivity index (χ2n) is 9.20. The van der Waals surface area contributed by atoms with Gasteiger partial charge in [-0.3, -0.25) is 4.79 Å². The van der Waals surface area contributed by atoms with Gasteiger partial charge in [-0.1, -0.05) is 13.8 Å². The molecule has 0 rings (SSSR count). The zero-order chi connectivity index (χ0) is 28.6. The van der Waals surface area contributed by atoms with E-state index in [1.54, 1.807) is 28.3 Å². The van der Waals surface area contributed by atoms with Gasteiger partial charge >= 0.3 is 0 Å². The maximum atomic E-state index is 11.5. The molecule has 0 heterocycles. The molecular weight excluding hydrogens is 508 g/mol. The lowest BCUT2D eigenvalue weighted by molar-refractivity contribution is -0.901. The number of rotatable bonds is 23. The quantitative estimate of drug-likeness (QED) is 0.122. The lowest BCUT2D eigenvalue weighted by Gasteiger charge is -2.28. The van der Waals surface area contributed by atoms with E-state index in [1.165, 1.54) is 18.7 Å². The Balaban J connectivity index is 0. The summed E-state index contributed by atoms with van der Waals surface area (Å²) >= 11 is 0. The third kappa shape index (κ3) is 27.9. The molecule has 0 aliphatic rings. The standard InChI is InChI=1S/C15H33NO6.C9H19NO4S/c1-17-10-13-20-7-4-16(5-8-21-14-11-18-2)6-9-22-15-12-19-3;1-5-7(2)8(11)10-9(3,4)6-15(12,13)14/h4-15H2,1-3H3;7H,5-6H2,1-4H3,(H,10,11)(H,12,13,14). The van der Waals surface area contributed by atoms with Crippen molar-refractivity contribution in [3.05, 3.63) is 0 Å². The van der Waals surface area contributed by atoms with Crippen molar-refractivity contribution in [2.75, 3.05) is 106 Å². The van der Waals surface area contributed by atoms with Crippen LogP contribution in [0.15, 0.2) is 0 Å². The summed E-state index contributed by atoms with van der Waals surface area (Å²) in [4.78, 5) is 12.9. The predicted molar refractivity (Wildman–Crippen MR) is 140 cm³/mol. The van der Waals surface area contributed by atoms with Crippen molar-refractivity contribution in [3.63, 3.8) is 0 Å². The molecule has 0 spiro atoms. The molecule has 0 aromatic heterocycles. The van der Waals surface area contributed by atoms with Gasteiger partial charge in [-0.2, -0.15) is 0 Å². The van der Waals surface area contributed by atoms with Gasteiger partial charge in [0.25, 0.3) is 0 Å². The average Bonchev–Trinajstić information content (AvgIpc) is 2.81. The molecule has 0 aliphatic heterocycles. The number of carbonyl (C=O) groups is 1. The van der Waals surface area contributed by atoms with E-state index in [2.05, 4.69) is 5.32 Å². The number of nitrogens with one attached hydrogen (secondary N) is 2. The average molecular weight is 561 g/mol. The van der Waals surface area contributed by atoms with Crippen LogP contribution >= 0.6 is 0 Å². The van der Waals surface area contributed by atoms with Crippen LogP contribution in [0.4, 0.5) is 0 Å². The molecule has 12 nitrogen and oxygen atoms in total. The van der Waals surface area contributed by atoms with Gasteiger partial charge in [0.05, 0.1) is 75.3 Å². The normalized spacial score (nSPS) is 12.8. The largest absolute Gasteiger partial charge is 0.748 e. The van der Waals surface area contributed by atoms with Gasteiger partial charge in [0.1, 0.15) is 19.6 Å². The molecule has 13 heteroatoms. The summed E-state index contributed by atoms with van der Waals surface area (Å²) in [5.74, 6) is -1.01. The SMILES string of the molecule is CCC(C)C(=O)NC(C)(C)CS(=O)(=O)[O-].COCCOCC[NH+](CCOCCOC)CCOCCOC. The van der Waals surface area contributed by atoms with Crippen molar-refractivity contribution in [2.45, 2.75) is 39.7 Å². The molecule has 0 aromatic carbocycles. The van der Waals surface area contributed by atoms with Crippen LogP contribution in [0.25, 0.3) is 0 Å². The molecule has 0 bridgehead atoms. The summed E-state index contributed by atoms with van der Waals surface area (Å²) in [5.41, 5.74) is -1.01. The van der Waals surface area contributed by atoms with E-state index in [-0.39, 0.29) is 11.8 Å². The summed E-state index contributed by atoms with van der Waals surface area (Å²) in [6.45, 7) is 15.4. The summed E-state index contributed by atoms with van der Waals surface area (Å²) in [6, 6.07) is 0. The monoisotopic (exact) mass is 560 g/mol. The van der Waals surface area contributed by atoms with Crippen LogP contribution in [-0.4, -0.2) is 131 Å². The van der Waals surface area contributed by atoms with Gasteiger partial charge < -0.3 is 43.2 Å². The van der Waals surface area contributed by atoms with Crippen molar-refractivity contribution in [3.8, 4) is 0 Å². The lowest BCUT2D eigenvalue weighted by atomic mass is 10.0. The first-order chi connectivity index (χ1) is 17.4. The van der Waals surface area contributed by atoms with E-state index >= 15 is 0 Å². The van der Waals surface area contributed by atoms with Crippen LogP contribution in [0.3, 0.4) is 0 Å². The Kier molecular flexibility index (Phi) is 25.0. The third-order valence-corrected chi connectivity index (χ3v) is 6.23. The fourth-order valence-corrected chi connectivity index (χ4v) is 3.83. The summed E-state index contributed by atoms with van der Waals surface area (Å²) in [5, 5.41) is 2.55. The minimum atomic E-state index is -4.32. The third-order valence-electron chi connectivity index (χ3n) is 5.15. The van der Waals surface area contributed by atoms with Crippen LogP contribution < -0.4 is 10.2 Å². The Labute approximate surface area is 224 Å². The van der Waals surface area contributed by atoms with Gasteiger partial charge in [-0.25, -0.2) is 8.42 Å². The first-order valence-corrected chi connectivity index (χ1v) is 14.3. The van der Waals surface area contributed by atoms with Crippen molar-refractivity contribution in [1.82, 2.24) is 5.32 Å². The van der Waals surface area contributed by atoms with Gasteiger partial charge in [0, 0.05) is 32.8 Å². The van der Waals surface area contributed by atoms with Crippen LogP contribution in [0.2, 0.25) is 0 Å². The number of quaternary nitrogens is 1. The van der Waals surface area contributed by atoms with E-state index in [0.29, 0.717) is 46.1 Å². The van der Waals surface area contributed by atoms with Crippen LogP contribution in [0.1, 0.15) is 34.1 Å². The van der Waals surface area contributed by atoms with E-state index in [1.807, 2.05) is 6.92 Å². The lowest BCUT2D eigenvalue weighted by Crippen LogP contribution is -3.13. The zero-order valence-electron chi connectivity index (χ0n) is 24.0. The zero-order valence-corrected chi connectivity index (χ0v) is 24.8. The van der Waals surface area contributed by atoms with Crippen molar-refractivity contribution >= 4 is 16.0 Å². The molecule has 0 fully saturated rings. The molecule has 0 aromatic rings. The van der Waals surface area contributed by atoms with E-state index in [9.17, 15) is 17.8 Å².